The van der Waals surface area contributed by atoms with Crippen LogP contribution in [0.15, 0.2) is 0 Å². The Morgan fingerprint density at radius 2 is 0.917 bits per heavy atom. The van der Waals surface area contributed by atoms with E-state index in [0.29, 0.717) is 0 Å². The molecule has 0 aliphatic carbocycles. The van der Waals surface area contributed by atoms with Crippen LogP contribution in [0.3, 0.4) is 0 Å². The smallest absolute Gasteiger partial charge is 0.00644 e. The maximum absolute atomic E-state index is 3.80. The molecule has 1 nitrogen and oxygen atoms in total. The van der Waals surface area contributed by atoms with Gasteiger partial charge >= 0.3 is 0 Å². The van der Waals surface area contributed by atoms with Crippen LogP contribution in [0.25, 0.3) is 0 Å². The van der Waals surface area contributed by atoms with Crippen LogP contribution in [0.4, 0.5) is 0 Å². The second kappa shape index (κ2) is 21.0. The van der Waals surface area contributed by atoms with E-state index in [9.17, 15) is 0 Å². The van der Waals surface area contributed by atoms with Crippen LogP contribution < -0.4 is 5.32 Å². The first-order valence-electron chi connectivity index (χ1n) is 11.6. The summed E-state index contributed by atoms with van der Waals surface area (Å²) >= 11 is 0. The van der Waals surface area contributed by atoms with Crippen molar-refractivity contribution >= 4 is 0 Å². The van der Waals surface area contributed by atoms with E-state index in [4.69, 9.17) is 0 Å². The van der Waals surface area contributed by atoms with E-state index in [0.717, 1.165) is 6.04 Å². The van der Waals surface area contributed by atoms with Gasteiger partial charge < -0.3 is 5.32 Å². The van der Waals surface area contributed by atoms with E-state index < -0.39 is 0 Å². The Morgan fingerprint density at radius 3 is 1.38 bits per heavy atom. The minimum Gasteiger partial charge on any atom is -0.314 e. The maximum atomic E-state index is 3.80. The first-order valence-corrected chi connectivity index (χ1v) is 11.6. The molecule has 0 fully saturated rings. The summed E-state index contributed by atoms with van der Waals surface area (Å²) in [6, 6.07) is 0.773. The van der Waals surface area contributed by atoms with Crippen LogP contribution in [0, 0.1) is 0 Å². The number of unbranched alkanes of at least 4 members (excludes halogenated alkanes) is 14. The molecule has 0 radical (unpaired) electrons. The van der Waals surface area contributed by atoms with E-state index in [2.05, 4.69) is 26.1 Å². The van der Waals surface area contributed by atoms with Crippen molar-refractivity contribution in [2.45, 2.75) is 142 Å². The molecule has 0 amide bonds. The molecule has 0 saturated carbocycles. The molecule has 0 aromatic heterocycles. The van der Waals surface area contributed by atoms with Crippen LogP contribution in [-0.2, 0) is 0 Å². The molecular weight excluding hydrogens is 290 g/mol. The second-order valence-electron chi connectivity index (χ2n) is 7.80. The van der Waals surface area contributed by atoms with Crippen molar-refractivity contribution in [1.82, 2.24) is 5.32 Å². The third-order valence-electron chi connectivity index (χ3n) is 5.36. The van der Waals surface area contributed by atoms with Crippen molar-refractivity contribution in [2.24, 2.45) is 0 Å². The van der Waals surface area contributed by atoms with Crippen molar-refractivity contribution in [2.75, 3.05) is 6.54 Å². The average Bonchev–Trinajstić information content (AvgIpc) is 2.60. The Hall–Kier alpha value is -0.0400. The molecule has 1 heteroatoms. The highest BCUT2D eigenvalue weighted by Crippen LogP contribution is 2.12. The van der Waals surface area contributed by atoms with Crippen LogP contribution in [0.5, 0.6) is 0 Å². The number of nitrogens with one attached hydrogen (secondary N) is 1. The zero-order valence-corrected chi connectivity index (χ0v) is 17.5. The molecule has 1 N–H and O–H groups in total. The normalized spacial score (nSPS) is 12.6. The predicted molar refractivity (Wildman–Crippen MR) is 112 cm³/mol. The quantitative estimate of drug-likeness (QED) is 0.221. The lowest BCUT2D eigenvalue weighted by Crippen LogP contribution is -2.29. The molecule has 0 rings (SSSR count). The molecule has 1 unspecified atom stereocenters. The molecular formula is C23H49N. The summed E-state index contributed by atoms with van der Waals surface area (Å²) in [5.41, 5.74) is 0. The maximum Gasteiger partial charge on any atom is 0.00644 e. The monoisotopic (exact) mass is 339 g/mol. The SMILES string of the molecule is CCCCCCCCCCCC(CC)NCCCCCCCCC. The molecule has 1 atom stereocenters. The average molecular weight is 340 g/mol. The molecule has 0 heterocycles. The molecule has 0 aromatic carbocycles. The van der Waals surface area contributed by atoms with Gasteiger partial charge in [0.1, 0.15) is 0 Å². The Bertz CT molecular complexity index is 214. The zero-order chi connectivity index (χ0) is 17.7. The molecule has 24 heavy (non-hydrogen) atoms. The fourth-order valence-electron chi connectivity index (χ4n) is 3.54. The highest BCUT2D eigenvalue weighted by Gasteiger charge is 2.04. The second-order valence-corrected chi connectivity index (χ2v) is 7.80. The lowest BCUT2D eigenvalue weighted by Gasteiger charge is -2.16. The summed E-state index contributed by atoms with van der Waals surface area (Å²) < 4.78 is 0. The molecule has 146 valence electrons. The fraction of sp³-hybridized carbons (Fsp3) is 1.00. The summed E-state index contributed by atoms with van der Waals surface area (Å²) in [5, 5.41) is 3.80. The molecule has 0 aromatic rings. The van der Waals surface area contributed by atoms with Gasteiger partial charge in [-0.3, -0.25) is 0 Å². The van der Waals surface area contributed by atoms with Crippen molar-refractivity contribution in [3.8, 4) is 0 Å². The number of hydrogen-bond donors (Lipinski definition) is 1. The first kappa shape index (κ1) is 24.0. The first-order chi connectivity index (χ1) is 11.8. The summed E-state index contributed by atoms with van der Waals surface area (Å²) in [6.07, 6.45) is 25.6. The minimum atomic E-state index is 0.773. The number of rotatable bonds is 20. The number of hydrogen-bond acceptors (Lipinski definition) is 1. The van der Waals surface area contributed by atoms with Crippen LogP contribution in [0.2, 0.25) is 0 Å². The zero-order valence-electron chi connectivity index (χ0n) is 17.5. The van der Waals surface area contributed by atoms with Gasteiger partial charge in [-0.15, -0.1) is 0 Å². The Labute approximate surface area is 154 Å². The lowest BCUT2D eigenvalue weighted by atomic mass is 10.0. The van der Waals surface area contributed by atoms with Gasteiger partial charge in [0, 0.05) is 6.04 Å². The van der Waals surface area contributed by atoms with Crippen LogP contribution >= 0.6 is 0 Å². The Balaban J connectivity index is 3.28. The third-order valence-corrected chi connectivity index (χ3v) is 5.36. The van der Waals surface area contributed by atoms with Crippen molar-refractivity contribution in [1.29, 1.82) is 0 Å². The van der Waals surface area contributed by atoms with Gasteiger partial charge in [-0.1, -0.05) is 117 Å². The summed E-state index contributed by atoms with van der Waals surface area (Å²) in [5.74, 6) is 0. The Morgan fingerprint density at radius 1 is 0.500 bits per heavy atom. The van der Waals surface area contributed by atoms with Gasteiger partial charge in [0.25, 0.3) is 0 Å². The van der Waals surface area contributed by atoms with Crippen molar-refractivity contribution in [3.05, 3.63) is 0 Å². The molecule has 0 aliphatic heterocycles. The van der Waals surface area contributed by atoms with E-state index in [1.807, 2.05) is 0 Å². The van der Waals surface area contributed by atoms with E-state index in [1.54, 1.807) is 0 Å². The van der Waals surface area contributed by atoms with E-state index in [1.165, 1.54) is 122 Å². The van der Waals surface area contributed by atoms with Gasteiger partial charge in [0.15, 0.2) is 0 Å². The highest BCUT2D eigenvalue weighted by molar-refractivity contribution is 4.65. The summed E-state index contributed by atoms with van der Waals surface area (Å²) in [4.78, 5) is 0. The molecule has 0 bridgehead atoms. The largest absolute Gasteiger partial charge is 0.314 e. The van der Waals surface area contributed by atoms with Crippen LogP contribution in [-0.4, -0.2) is 12.6 Å². The van der Waals surface area contributed by atoms with Gasteiger partial charge in [-0.05, 0) is 25.8 Å². The van der Waals surface area contributed by atoms with Crippen molar-refractivity contribution in [3.63, 3.8) is 0 Å². The predicted octanol–water partition coefficient (Wildman–Crippen LogP) is 8.03. The fourth-order valence-corrected chi connectivity index (χ4v) is 3.54. The standard InChI is InChI=1S/C23H49N/c1-4-7-9-11-13-14-15-17-19-21-23(6-3)24-22-20-18-16-12-10-8-5-2/h23-24H,4-22H2,1-3H3. The summed E-state index contributed by atoms with van der Waals surface area (Å²) in [6.45, 7) is 8.17. The molecule has 0 spiro atoms. The summed E-state index contributed by atoms with van der Waals surface area (Å²) in [7, 11) is 0. The molecule has 0 saturated heterocycles. The van der Waals surface area contributed by atoms with Gasteiger partial charge in [-0.25, -0.2) is 0 Å². The lowest BCUT2D eigenvalue weighted by molar-refractivity contribution is 0.432. The topological polar surface area (TPSA) is 12.0 Å². The Kier molecular flexibility index (Phi) is 21.0. The molecule has 0 aliphatic rings. The minimum absolute atomic E-state index is 0.773. The highest BCUT2D eigenvalue weighted by atomic mass is 14.9. The van der Waals surface area contributed by atoms with E-state index >= 15 is 0 Å². The van der Waals surface area contributed by atoms with Crippen LogP contribution in [0.1, 0.15) is 136 Å². The van der Waals surface area contributed by atoms with Gasteiger partial charge in [-0.2, -0.15) is 0 Å². The van der Waals surface area contributed by atoms with Gasteiger partial charge in [0.2, 0.25) is 0 Å². The van der Waals surface area contributed by atoms with Crippen molar-refractivity contribution < 1.29 is 0 Å². The third kappa shape index (κ3) is 18.3. The van der Waals surface area contributed by atoms with E-state index in [-0.39, 0.29) is 0 Å². The van der Waals surface area contributed by atoms with Gasteiger partial charge in [0.05, 0.1) is 0 Å².